The van der Waals surface area contributed by atoms with Crippen molar-refractivity contribution in [1.29, 1.82) is 0 Å². The van der Waals surface area contributed by atoms with E-state index in [4.69, 9.17) is 15.2 Å². The maximum atomic E-state index is 12.4. The lowest BCUT2D eigenvalue weighted by molar-refractivity contribution is 0.179. The summed E-state index contributed by atoms with van der Waals surface area (Å²) in [5.74, 6) is 0.612. The van der Waals surface area contributed by atoms with E-state index in [2.05, 4.69) is 0 Å². The number of sulfonamides is 1. The third kappa shape index (κ3) is 4.17. The van der Waals surface area contributed by atoms with Gasteiger partial charge in [-0.3, -0.25) is 0 Å². The van der Waals surface area contributed by atoms with E-state index in [0.717, 1.165) is 0 Å². The summed E-state index contributed by atoms with van der Waals surface area (Å²) in [5, 5.41) is 0. The van der Waals surface area contributed by atoms with Crippen molar-refractivity contribution in [3.63, 3.8) is 0 Å². The van der Waals surface area contributed by atoms with Crippen molar-refractivity contribution in [2.45, 2.75) is 4.90 Å². The second kappa shape index (κ2) is 7.44. The molecule has 0 aromatic heterocycles. The minimum Gasteiger partial charge on any atom is -0.497 e. The van der Waals surface area contributed by atoms with Gasteiger partial charge in [0.1, 0.15) is 5.75 Å². The van der Waals surface area contributed by atoms with Gasteiger partial charge in [-0.15, -0.1) is 0 Å². The van der Waals surface area contributed by atoms with Crippen LogP contribution in [0.5, 0.6) is 5.75 Å². The maximum Gasteiger partial charge on any atom is 0.243 e. The van der Waals surface area contributed by atoms with Gasteiger partial charge in [0.25, 0.3) is 0 Å². The Hall–Kier alpha value is -1.15. The average Bonchev–Trinajstić information content (AvgIpc) is 2.43. The number of ether oxygens (including phenoxy) is 2. The van der Waals surface area contributed by atoms with Crippen LogP contribution in [0.2, 0.25) is 0 Å². The predicted octanol–water partition coefficient (Wildman–Crippen LogP) is 0.291. The molecule has 1 aromatic carbocycles. The van der Waals surface area contributed by atoms with E-state index in [9.17, 15) is 8.42 Å². The second-order valence-electron chi connectivity index (χ2n) is 3.86. The predicted molar refractivity (Wildman–Crippen MR) is 72.7 cm³/mol. The Balaban J connectivity index is 2.96. The number of nitrogens with two attached hydrogens (primary N) is 1. The van der Waals surface area contributed by atoms with Crippen molar-refractivity contribution in [3.05, 3.63) is 24.3 Å². The molecular weight excluding hydrogens is 268 g/mol. The van der Waals surface area contributed by atoms with Crippen molar-refractivity contribution >= 4 is 10.0 Å². The summed E-state index contributed by atoms with van der Waals surface area (Å²) >= 11 is 0. The zero-order valence-corrected chi connectivity index (χ0v) is 12.0. The van der Waals surface area contributed by atoms with Gasteiger partial charge in [-0.25, -0.2) is 8.42 Å². The molecule has 0 amide bonds. The summed E-state index contributed by atoms with van der Waals surface area (Å²) in [6.45, 7) is 1.13. The Morgan fingerprint density at radius 2 is 1.79 bits per heavy atom. The summed E-state index contributed by atoms with van der Waals surface area (Å²) in [7, 11) is -0.484. The zero-order chi connectivity index (χ0) is 14.3. The van der Waals surface area contributed by atoms with Gasteiger partial charge in [-0.2, -0.15) is 4.31 Å². The monoisotopic (exact) mass is 288 g/mol. The van der Waals surface area contributed by atoms with Gasteiger partial charge in [0.2, 0.25) is 10.0 Å². The minimum atomic E-state index is -3.54. The molecule has 0 bridgehead atoms. The maximum absolute atomic E-state index is 12.4. The number of rotatable bonds is 8. The SMILES string of the molecule is COCCN(CCN)S(=O)(=O)c1ccc(OC)cc1. The number of methoxy groups -OCH3 is 2. The molecule has 6 nitrogen and oxygen atoms in total. The Bertz CT molecular complexity index is 473. The summed E-state index contributed by atoms with van der Waals surface area (Å²) in [4.78, 5) is 0.220. The molecule has 0 unspecified atom stereocenters. The van der Waals surface area contributed by atoms with Crippen LogP contribution in [0.4, 0.5) is 0 Å². The van der Waals surface area contributed by atoms with Crippen LogP contribution in [0.15, 0.2) is 29.2 Å². The average molecular weight is 288 g/mol. The smallest absolute Gasteiger partial charge is 0.243 e. The van der Waals surface area contributed by atoms with E-state index in [1.165, 1.54) is 30.7 Å². The van der Waals surface area contributed by atoms with Gasteiger partial charge >= 0.3 is 0 Å². The molecule has 0 aliphatic carbocycles. The highest BCUT2D eigenvalue weighted by Gasteiger charge is 2.23. The first-order chi connectivity index (χ1) is 9.06. The first-order valence-electron chi connectivity index (χ1n) is 5.89. The molecule has 0 fully saturated rings. The molecule has 1 aromatic rings. The standard InChI is InChI=1S/C12H20N2O4S/c1-17-10-9-14(8-7-13)19(15,16)12-5-3-11(18-2)4-6-12/h3-6H,7-10,13H2,1-2H3. The fraction of sp³-hybridized carbons (Fsp3) is 0.500. The van der Waals surface area contributed by atoms with Crippen LogP contribution in [0, 0.1) is 0 Å². The largest absolute Gasteiger partial charge is 0.497 e. The molecule has 0 spiro atoms. The topological polar surface area (TPSA) is 81.9 Å². The molecule has 0 aliphatic heterocycles. The third-order valence-corrected chi connectivity index (χ3v) is 4.53. The van der Waals surface area contributed by atoms with Gasteiger partial charge in [-0.1, -0.05) is 0 Å². The lowest BCUT2D eigenvalue weighted by atomic mass is 10.3. The van der Waals surface area contributed by atoms with Crippen LogP contribution in [0.25, 0.3) is 0 Å². The lowest BCUT2D eigenvalue weighted by Gasteiger charge is -2.21. The first-order valence-corrected chi connectivity index (χ1v) is 7.33. The van der Waals surface area contributed by atoms with E-state index in [-0.39, 0.29) is 24.5 Å². The molecule has 0 saturated heterocycles. The molecule has 0 radical (unpaired) electrons. The fourth-order valence-electron chi connectivity index (χ4n) is 1.59. The minimum absolute atomic E-state index is 0.220. The highest BCUT2D eigenvalue weighted by molar-refractivity contribution is 7.89. The fourth-order valence-corrected chi connectivity index (χ4v) is 3.02. The number of benzene rings is 1. The molecule has 1 rings (SSSR count). The van der Waals surface area contributed by atoms with Gasteiger partial charge < -0.3 is 15.2 Å². The quantitative estimate of drug-likeness (QED) is 0.743. The molecule has 7 heteroatoms. The van der Waals surface area contributed by atoms with Crippen LogP contribution >= 0.6 is 0 Å². The zero-order valence-electron chi connectivity index (χ0n) is 11.2. The van der Waals surface area contributed by atoms with Crippen LogP contribution < -0.4 is 10.5 Å². The van der Waals surface area contributed by atoms with E-state index in [1.54, 1.807) is 12.1 Å². The highest BCUT2D eigenvalue weighted by Crippen LogP contribution is 2.19. The molecule has 0 atom stereocenters. The van der Waals surface area contributed by atoms with E-state index in [0.29, 0.717) is 12.4 Å². The van der Waals surface area contributed by atoms with Gasteiger partial charge in [0.05, 0.1) is 18.6 Å². The van der Waals surface area contributed by atoms with E-state index in [1.807, 2.05) is 0 Å². The van der Waals surface area contributed by atoms with Gasteiger partial charge in [0.15, 0.2) is 0 Å². The van der Waals surface area contributed by atoms with Crippen molar-refractivity contribution < 1.29 is 17.9 Å². The third-order valence-electron chi connectivity index (χ3n) is 2.62. The van der Waals surface area contributed by atoms with Crippen molar-refractivity contribution in [1.82, 2.24) is 4.31 Å². The molecule has 0 heterocycles. The van der Waals surface area contributed by atoms with Crippen LogP contribution in [-0.4, -0.2) is 53.2 Å². The molecular formula is C12H20N2O4S. The summed E-state index contributed by atoms with van der Waals surface area (Å²) in [6.07, 6.45) is 0. The summed E-state index contributed by atoms with van der Waals surface area (Å²) in [6, 6.07) is 6.27. The number of nitrogens with zero attached hydrogens (tertiary/aromatic N) is 1. The van der Waals surface area contributed by atoms with Crippen molar-refractivity contribution in [2.75, 3.05) is 40.5 Å². The molecule has 108 valence electrons. The summed E-state index contributed by atoms with van der Waals surface area (Å²) in [5.41, 5.74) is 5.45. The Kier molecular flexibility index (Phi) is 6.23. The van der Waals surface area contributed by atoms with Crippen molar-refractivity contribution in [2.24, 2.45) is 5.73 Å². The number of hydrogen-bond acceptors (Lipinski definition) is 5. The normalized spacial score (nSPS) is 11.8. The highest BCUT2D eigenvalue weighted by atomic mass is 32.2. The van der Waals surface area contributed by atoms with E-state index < -0.39 is 10.0 Å². The first kappa shape index (κ1) is 15.9. The van der Waals surface area contributed by atoms with E-state index >= 15 is 0 Å². The van der Waals surface area contributed by atoms with Crippen LogP contribution in [-0.2, 0) is 14.8 Å². The molecule has 0 aliphatic rings. The number of hydrogen-bond donors (Lipinski definition) is 1. The van der Waals surface area contributed by atoms with Gasteiger partial charge in [0, 0.05) is 26.7 Å². The van der Waals surface area contributed by atoms with Crippen LogP contribution in [0.1, 0.15) is 0 Å². The molecule has 2 N–H and O–H groups in total. The van der Waals surface area contributed by atoms with Crippen molar-refractivity contribution in [3.8, 4) is 5.75 Å². The summed E-state index contributed by atoms with van der Waals surface area (Å²) < 4.78 is 36.0. The second-order valence-corrected chi connectivity index (χ2v) is 5.80. The molecule has 0 saturated carbocycles. The lowest BCUT2D eigenvalue weighted by Crippen LogP contribution is -2.37. The molecule has 19 heavy (non-hydrogen) atoms. The van der Waals surface area contributed by atoms with Gasteiger partial charge in [-0.05, 0) is 24.3 Å². The Labute approximate surface area is 114 Å². The Morgan fingerprint density at radius 1 is 1.16 bits per heavy atom. The Morgan fingerprint density at radius 3 is 2.26 bits per heavy atom. The van der Waals surface area contributed by atoms with Crippen LogP contribution in [0.3, 0.4) is 0 Å².